The number of rotatable bonds is 10. The summed E-state index contributed by atoms with van der Waals surface area (Å²) in [4.78, 5) is 0. The maximum absolute atomic E-state index is 6.22. The minimum atomic E-state index is 0.489. The number of halogens is 1. The Hall–Kier alpha value is -2.50. The number of methoxy groups -OCH3 is 2. The van der Waals surface area contributed by atoms with E-state index in [9.17, 15) is 0 Å². The molecule has 3 aromatic carbocycles. The van der Waals surface area contributed by atoms with E-state index < -0.39 is 0 Å². The number of para-hydroxylation sites is 1. The molecule has 4 nitrogen and oxygen atoms in total. The summed E-state index contributed by atoms with van der Waals surface area (Å²) in [5.41, 5.74) is 4.58. The van der Waals surface area contributed by atoms with Crippen molar-refractivity contribution in [2.24, 2.45) is 0 Å². The van der Waals surface area contributed by atoms with Gasteiger partial charge in [-0.15, -0.1) is 0 Å². The van der Waals surface area contributed by atoms with Crippen LogP contribution in [-0.2, 0) is 19.6 Å². The van der Waals surface area contributed by atoms with Crippen molar-refractivity contribution in [3.8, 4) is 17.2 Å². The average Bonchev–Trinajstić information content (AvgIpc) is 2.76. The second-order valence-electron chi connectivity index (χ2n) is 7.07. The van der Waals surface area contributed by atoms with E-state index >= 15 is 0 Å². The summed E-state index contributed by atoms with van der Waals surface area (Å²) in [5.74, 6) is 2.41. The number of nitrogens with one attached hydrogen (secondary N) is 1. The lowest BCUT2D eigenvalue weighted by molar-refractivity contribution is 0.280. The molecule has 0 aliphatic carbocycles. The Morgan fingerprint density at radius 1 is 0.900 bits per heavy atom. The minimum absolute atomic E-state index is 0.489. The zero-order valence-corrected chi connectivity index (χ0v) is 19.3. The maximum Gasteiger partial charge on any atom is 0.167 e. The summed E-state index contributed by atoms with van der Waals surface area (Å²) >= 11 is 3.67. The van der Waals surface area contributed by atoms with Crippen molar-refractivity contribution in [1.82, 2.24) is 5.32 Å². The molecule has 0 unspecified atom stereocenters. The molecule has 0 radical (unpaired) electrons. The smallest absolute Gasteiger partial charge is 0.167 e. The topological polar surface area (TPSA) is 39.7 Å². The van der Waals surface area contributed by atoms with Gasteiger partial charge in [0.2, 0.25) is 0 Å². The molecule has 0 saturated carbocycles. The molecule has 0 aliphatic rings. The molecule has 0 spiro atoms. The first-order chi connectivity index (χ1) is 14.6. The van der Waals surface area contributed by atoms with Crippen molar-refractivity contribution in [2.75, 3.05) is 20.8 Å². The van der Waals surface area contributed by atoms with Gasteiger partial charge in [0.25, 0.3) is 0 Å². The predicted molar refractivity (Wildman–Crippen MR) is 125 cm³/mol. The molecule has 0 aliphatic heterocycles. The van der Waals surface area contributed by atoms with Crippen LogP contribution in [0.1, 0.15) is 22.3 Å². The van der Waals surface area contributed by atoms with E-state index in [1.54, 1.807) is 14.2 Å². The summed E-state index contributed by atoms with van der Waals surface area (Å²) in [7, 11) is 3.37. The molecule has 0 aromatic heterocycles. The second kappa shape index (κ2) is 11.0. The highest BCUT2D eigenvalue weighted by atomic mass is 79.9. The quantitative estimate of drug-likeness (QED) is 0.387. The molecule has 30 heavy (non-hydrogen) atoms. The summed E-state index contributed by atoms with van der Waals surface area (Å²) in [6.07, 6.45) is 0.880. The van der Waals surface area contributed by atoms with E-state index in [2.05, 4.69) is 52.4 Å². The molecule has 0 fully saturated rings. The number of aryl methyl sites for hydroxylation is 1. The lowest BCUT2D eigenvalue weighted by Crippen LogP contribution is -2.18. The molecular formula is C25H28BrNO3. The maximum atomic E-state index is 6.22. The second-order valence-corrected chi connectivity index (χ2v) is 7.93. The summed E-state index contributed by atoms with van der Waals surface area (Å²) in [6.45, 7) is 4.06. The molecule has 5 heteroatoms. The van der Waals surface area contributed by atoms with Crippen LogP contribution in [0.25, 0.3) is 0 Å². The van der Waals surface area contributed by atoms with E-state index in [4.69, 9.17) is 14.2 Å². The Bertz CT molecular complexity index is 974. The molecule has 1 N–H and O–H groups in total. The monoisotopic (exact) mass is 469 g/mol. The summed E-state index contributed by atoms with van der Waals surface area (Å²) in [5, 5.41) is 3.52. The number of ether oxygens (including phenoxy) is 3. The summed E-state index contributed by atoms with van der Waals surface area (Å²) in [6, 6.07) is 20.4. The molecule has 0 bridgehead atoms. The Morgan fingerprint density at radius 3 is 2.47 bits per heavy atom. The van der Waals surface area contributed by atoms with Gasteiger partial charge in [0, 0.05) is 16.6 Å². The van der Waals surface area contributed by atoms with Crippen molar-refractivity contribution in [3.05, 3.63) is 87.4 Å². The largest absolute Gasteiger partial charge is 0.496 e. The van der Waals surface area contributed by atoms with E-state index in [-0.39, 0.29) is 0 Å². The number of hydrogen-bond donors (Lipinski definition) is 1. The fraction of sp³-hybridized carbons (Fsp3) is 0.280. The molecule has 0 saturated heterocycles. The standard InChI is InChI=1S/C25H28BrNO3/c1-18-7-6-8-19(15-18)17-30-25-21(22(26)11-12-24(25)29-3)16-27-14-13-20-9-4-5-10-23(20)28-2/h4-12,15,27H,13-14,16-17H2,1-3H3. The van der Waals surface area contributed by atoms with Gasteiger partial charge in [0.1, 0.15) is 12.4 Å². The van der Waals surface area contributed by atoms with Crippen LogP contribution in [0, 0.1) is 6.92 Å². The predicted octanol–water partition coefficient (Wildman–Crippen LogP) is 5.69. The van der Waals surface area contributed by atoms with Crippen LogP contribution >= 0.6 is 15.9 Å². The van der Waals surface area contributed by atoms with Crippen LogP contribution in [0.2, 0.25) is 0 Å². The first kappa shape index (κ1) is 22.2. The van der Waals surface area contributed by atoms with Crippen molar-refractivity contribution in [1.29, 1.82) is 0 Å². The molecule has 158 valence electrons. The lowest BCUT2D eigenvalue weighted by atomic mass is 10.1. The van der Waals surface area contributed by atoms with Gasteiger partial charge in [-0.2, -0.15) is 0 Å². The zero-order valence-electron chi connectivity index (χ0n) is 17.7. The van der Waals surface area contributed by atoms with Gasteiger partial charge < -0.3 is 19.5 Å². The van der Waals surface area contributed by atoms with Crippen molar-refractivity contribution in [3.63, 3.8) is 0 Å². The fourth-order valence-corrected chi connectivity index (χ4v) is 3.82. The van der Waals surface area contributed by atoms with E-state index in [1.165, 1.54) is 11.1 Å². The van der Waals surface area contributed by atoms with Gasteiger partial charge in [-0.25, -0.2) is 0 Å². The minimum Gasteiger partial charge on any atom is -0.496 e. The third-order valence-electron chi connectivity index (χ3n) is 4.92. The first-order valence-electron chi connectivity index (χ1n) is 9.98. The van der Waals surface area contributed by atoms with Crippen molar-refractivity contribution >= 4 is 15.9 Å². The van der Waals surface area contributed by atoms with Crippen LogP contribution in [0.4, 0.5) is 0 Å². The van der Waals surface area contributed by atoms with Crippen LogP contribution in [-0.4, -0.2) is 20.8 Å². The van der Waals surface area contributed by atoms with E-state index in [0.29, 0.717) is 13.2 Å². The molecule has 0 atom stereocenters. The van der Waals surface area contributed by atoms with Gasteiger partial charge in [0.05, 0.1) is 14.2 Å². The van der Waals surface area contributed by atoms with Crippen molar-refractivity contribution in [2.45, 2.75) is 26.5 Å². The van der Waals surface area contributed by atoms with Crippen molar-refractivity contribution < 1.29 is 14.2 Å². The van der Waals surface area contributed by atoms with Crippen LogP contribution in [0.5, 0.6) is 17.2 Å². The van der Waals surface area contributed by atoms with Crippen LogP contribution in [0.3, 0.4) is 0 Å². The molecule has 3 aromatic rings. The van der Waals surface area contributed by atoms with Gasteiger partial charge in [-0.05, 0) is 49.2 Å². The summed E-state index contributed by atoms with van der Waals surface area (Å²) < 4.78 is 18.2. The van der Waals surface area contributed by atoms with Gasteiger partial charge in [-0.1, -0.05) is 64.0 Å². The van der Waals surface area contributed by atoms with Gasteiger partial charge >= 0.3 is 0 Å². The van der Waals surface area contributed by atoms with Crippen LogP contribution in [0.15, 0.2) is 65.1 Å². The molecule has 0 amide bonds. The number of benzene rings is 3. The van der Waals surface area contributed by atoms with Gasteiger partial charge in [-0.3, -0.25) is 0 Å². The molecule has 3 rings (SSSR count). The molecular weight excluding hydrogens is 442 g/mol. The first-order valence-corrected chi connectivity index (χ1v) is 10.8. The SMILES string of the molecule is COc1ccccc1CCNCc1c(Br)ccc(OC)c1OCc1cccc(C)c1. The Balaban J connectivity index is 1.68. The van der Waals surface area contributed by atoms with Gasteiger partial charge in [0.15, 0.2) is 11.5 Å². The normalized spacial score (nSPS) is 10.7. The van der Waals surface area contributed by atoms with E-state index in [1.807, 2.05) is 36.4 Å². The third kappa shape index (κ3) is 5.77. The lowest BCUT2D eigenvalue weighted by Gasteiger charge is -2.17. The van der Waals surface area contributed by atoms with Crippen LogP contribution < -0.4 is 19.5 Å². The highest BCUT2D eigenvalue weighted by molar-refractivity contribution is 9.10. The average molecular weight is 470 g/mol. The highest BCUT2D eigenvalue weighted by Crippen LogP contribution is 2.36. The zero-order chi connectivity index (χ0) is 21.3. The number of hydrogen-bond acceptors (Lipinski definition) is 4. The highest BCUT2D eigenvalue weighted by Gasteiger charge is 2.15. The molecule has 0 heterocycles. The Morgan fingerprint density at radius 2 is 1.70 bits per heavy atom. The Labute approximate surface area is 187 Å². The van der Waals surface area contributed by atoms with E-state index in [0.717, 1.165) is 45.8 Å². The Kier molecular flexibility index (Phi) is 8.17. The third-order valence-corrected chi connectivity index (χ3v) is 5.66. The fourth-order valence-electron chi connectivity index (χ4n) is 3.37.